The second kappa shape index (κ2) is 12.0. The zero-order valence-electron chi connectivity index (χ0n) is 22.7. The molecule has 1 aromatic heterocycles. The van der Waals surface area contributed by atoms with E-state index in [-0.39, 0.29) is 11.5 Å². The first-order valence-electron chi connectivity index (χ1n) is 12.5. The number of aryl methyl sites for hydroxylation is 1. The van der Waals surface area contributed by atoms with E-state index in [4.69, 9.17) is 19.2 Å². The molecular formula is C30H30IN3O5. The minimum Gasteiger partial charge on any atom is -0.494 e. The number of hydrogen-bond acceptors (Lipinski definition) is 7. The molecule has 0 aliphatic heterocycles. The molecule has 0 saturated carbocycles. The lowest BCUT2D eigenvalue weighted by Gasteiger charge is -2.18. The minimum absolute atomic E-state index is 0.195. The van der Waals surface area contributed by atoms with Crippen LogP contribution in [0.2, 0.25) is 0 Å². The summed E-state index contributed by atoms with van der Waals surface area (Å²) in [6.45, 7) is 10.0. The number of para-hydroxylation sites is 1. The highest BCUT2D eigenvalue weighted by molar-refractivity contribution is 14.1. The largest absolute Gasteiger partial charge is 0.494 e. The zero-order valence-corrected chi connectivity index (χ0v) is 24.9. The number of aromatic nitrogens is 2. The van der Waals surface area contributed by atoms with E-state index in [0.717, 1.165) is 22.4 Å². The van der Waals surface area contributed by atoms with Crippen LogP contribution in [0, 0.1) is 10.5 Å². The number of rotatable bonds is 8. The lowest BCUT2D eigenvalue weighted by molar-refractivity contribution is -0.132. The number of carbonyl (C=O) groups excluding carboxylic acids is 1. The fourth-order valence-electron chi connectivity index (χ4n) is 4.26. The number of fused-ring (bicyclic) bond motifs is 1. The molecule has 4 aromatic rings. The molecule has 202 valence electrons. The van der Waals surface area contributed by atoms with Crippen LogP contribution in [0.25, 0.3) is 22.3 Å². The van der Waals surface area contributed by atoms with Crippen molar-refractivity contribution in [1.82, 2.24) is 9.66 Å². The third-order valence-corrected chi connectivity index (χ3v) is 6.89. The van der Waals surface area contributed by atoms with Gasteiger partial charge in [0.15, 0.2) is 17.3 Å². The van der Waals surface area contributed by atoms with Crippen molar-refractivity contribution in [2.24, 2.45) is 5.10 Å². The summed E-state index contributed by atoms with van der Waals surface area (Å²) >= 11 is 2.07. The average molecular weight is 639 g/mol. The minimum atomic E-state index is -0.447. The molecule has 0 saturated heterocycles. The Kier molecular flexibility index (Phi) is 8.69. The second-order valence-corrected chi connectivity index (χ2v) is 10.4. The molecule has 8 nitrogen and oxygen atoms in total. The van der Waals surface area contributed by atoms with Crippen molar-refractivity contribution in [2.75, 3.05) is 13.7 Å². The van der Waals surface area contributed by atoms with E-state index in [1.807, 2.05) is 38.1 Å². The number of methoxy groups -OCH3 is 1. The smallest absolute Gasteiger partial charge is 0.308 e. The second-order valence-electron chi connectivity index (χ2n) is 9.23. The van der Waals surface area contributed by atoms with Crippen molar-refractivity contribution in [1.29, 1.82) is 0 Å². The Morgan fingerprint density at radius 1 is 1.15 bits per heavy atom. The van der Waals surface area contributed by atoms with E-state index in [9.17, 15) is 9.59 Å². The van der Waals surface area contributed by atoms with Gasteiger partial charge in [-0.2, -0.15) is 9.78 Å². The summed E-state index contributed by atoms with van der Waals surface area (Å²) in [5.41, 5.74) is 3.69. The van der Waals surface area contributed by atoms with Gasteiger partial charge in [-0.25, -0.2) is 4.98 Å². The quantitative estimate of drug-likeness (QED) is 0.0971. The fraction of sp³-hybridized carbons (Fsp3) is 0.267. The van der Waals surface area contributed by atoms with E-state index in [1.54, 1.807) is 30.5 Å². The van der Waals surface area contributed by atoms with Crippen LogP contribution in [0.4, 0.5) is 0 Å². The van der Waals surface area contributed by atoms with Crippen LogP contribution in [0.15, 0.2) is 58.4 Å². The van der Waals surface area contributed by atoms with Crippen LogP contribution in [0.1, 0.15) is 50.3 Å². The summed E-state index contributed by atoms with van der Waals surface area (Å²) in [7, 11) is 1.50. The van der Waals surface area contributed by atoms with Crippen molar-refractivity contribution in [3.05, 3.63) is 79.1 Å². The van der Waals surface area contributed by atoms with Gasteiger partial charge >= 0.3 is 5.97 Å². The normalized spacial score (nSPS) is 11.4. The molecule has 9 heteroatoms. The average Bonchev–Trinajstić information content (AvgIpc) is 2.89. The van der Waals surface area contributed by atoms with Gasteiger partial charge in [0.1, 0.15) is 5.75 Å². The van der Waals surface area contributed by atoms with Crippen molar-refractivity contribution in [3.63, 3.8) is 0 Å². The van der Waals surface area contributed by atoms with Crippen LogP contribution in [-0.4, -0.2) is 35.6 Å². The number of nitrogens with zero attached hydrogens (tertiary/aromatic N) is 3. The molecule has 0 aliphatic rings. The van der Waals surface area contributed by atoms with Crippen LogP contribution >= 0.6 is 22.6 Å². The van der Waals surface area contributed by atoms with Gasteiger partial charge < -0.3 is 14.2 Å². The Labute approximate surface area is 240 Å². The lowest BCUT2D eigenvalue weighted by atomic mass is 9.96. The Morgan fingerprint density at radius 3 is 2.56 bits per heavy atom. The van der Waals surface area contributed by atoms with Gasteiger partial charge in [-0.05, 0) is 95.4 Å². The number of halogens is 1. The SMILES string of the molecule is CCOc1cc(C)c(-c2nc3ccccc3c(=O)n2N=Cc2cc(I)c(OC(C)=O)c(OC)c2)cc1C(C)C. The molecule has 39 heavy (non-hydrogen) atoms. The standard InChI is InChI=1S/C30H30IN3O5/c1-7-38-26-12-18(4)23(15-22(26)17(2)3)29-33-25-11-9-8-10-21(25)30(36)34(29)32-16-20-13-24(31)28(39-19(5)35)27(14-20)37-6/h8-17H,7H2,1-6H3. The monoisotopic (exact) mass is 639 g/mol. The predicted octanol–water partition coefficient (Wildman–Crippen LogP) is 6.31. The Balaban J connectivity index is 1.93. The molecule has 0 N–H and O–H groups in total. The van der Waals surface area contributed by atoms with Crippen molar-refractivity contribution in [2.45, 2.75) is 40.5 Å². The van der Waals surface area contributed by atoms with Gasteiger partial charge in [0, 0.05) is 12.5 Å². The molecular weight excluding hydrogens is 609 g/mol. The molecule has 3 aromatic carbocycles. The number of carbonyl (C=O) groups is 1. The third kappa shape index (κ3) is 5.98. The summed E-state index contributed by atoms with van der Waals surface area (Å²) in [6, 6.07) is 14.7. The van der Waals surface area contributed by atoms with Crippen LogP contribution in [-0.2, 0) is 4.79 Å². The summed E-state index contributed by atoms with van der Waals surface area (Å²) in [5.74, 6) is 1.71. The van der Waals surface area contributed by atoms with Crippen molar-refractivity contribution < 1.29 is 19.0 Å². The first-order chi connectivity index (χ1) is 18.6. The predicted molar refractivity (Wildman–Crippen MR) is 161 cm³/mol. The first kappa shape index (κ1) is 28.3. The molecule has 0 fully saturated rings. The fourth-order valence-corrected chi connectivity index (χ4v) is 4.99. The highest BCUT2D eigenvalue weighted by Crippen LogP contribution is 2.35. The first-order valence-corrected chi connectivity index (χ1v) is 13.6. The van der Waals surface area contributed by atoms with Crippen LogP contribution in [0.5, 0.6) is 17.2 Å². The zero-order chi connectivity index (χ0) is 28.3. The van der Waals surface area contributed by atoms with Gasteiger partial charge in [0.05, 0.1) is 34.4 Å². The molecule has 0 radical (unpaired) electrons. The highest BCUT2D eigenvalue weighted by atomic mass is 127. The maximum atomic E-state index is 13.7. The molecule has 0 bridgehead atoms. The molecule has 0 spiro atoms. The van der Waals surface area contributed by atoms with Gasteiger partial charge in [-0.3, -0.25) is 9.59 Å². The maximum Gasteiger partial charge on any atom is 0.308 e. The topological polar surface area (TPSA) is 92.0 Å². The summed E-state index contributed by atoms with van der Waals surface area (Å²) in [6.07, 6.45) is 1.57. The number of esters is 1. The Morgan fingerprint density at radius 2 is 1.90 bits per heavy atom. The Bertz CT molecular complexity index is 1640. The molecule has 0 atom stereocenters. The molecule has 0 amide bonds. The molecule has 0 unspecified atom stereocenters. The maximum absolute atomic E-state index is 13.7. The molecule has 4 rings (SSSR count). The van der Waals surface area contributed by atoms with E-state index in [1.165, 1.54) is 18.7 Å². The summed E-state index contributed by atoms with van der Waals surface area (Å²) in [5, 5.41) is 5.06. The van der Waals surface area contributed by atoms with Gasteiger partial charge in [0.25, 0.3) is 5.56 Å². The third-order valence-electron chi connectivity index (χ3n) is 6.09. The van der Waals surface area contributed by atoms with Crippen molar-refractivity contribution >= 4 is 45.7 Å². The number of hydrogen-bond donors (Lipinski definition) is 0. The van der Waals surface area contributed by atoms with E-state index in [2.05, 4.69) is 41.5 Å². The lowest BCUT2D eigenvalue weighted by Crippen LogP contribution is -2.21. The van der Waals surface area contributed by atoms with Gasteiger partial charge in [0.2, 0.25) is 0 Å². The highest BCUT2D eigenvalue weighted by Gasteiger charge is 2.19. The van der Waals surface area contributed by atoms with Crippen LogP contribution in [0.3, 0.4) is 0 Å². The van der Waals surface area contributed by atoms with E-state index < -0.39 is 5.97 Å². The van der Waals surface area contributed by atoms with Crippen molar-refractivity contribution in [3.8, 4) is 28.6 Å². The molecule has 0 aliphatic carbocycles. The van der Waals surface area contributed by atoms with Gasteiger partial charge in [-0.15, -0.1) is 0 Å². The van der Waals surface area contributed by atoms with Crippen LogP contribution < -0.4 is 19.8 Å². The number of ether oxygens (including phenoxy) is 3. The Hall–Kier alpha value is -3.73. The summed E-state index contributed by atoms with van der Waals surface area (Å²) < 4.78 is 18.6. The van der Waals surface area contributed by atoms with E-state index in [0.29, 0.717) is 44.0 Å². The van der Waals surface area contributed by atoms with Gasteiger partial charge in [-0.1, -0.05) is 26.0 Å². The molecule has 1 heterocycles. The van der Waals surface area contributed by atoms with E-state index >= 15 is 0 Å². The number of benzene rings is 3. The summed E-state index contributed by atoms with van der Waals surface area (Å²) in [4.78, 5) is 30.1.